The molecule has 0 aliphatic rings. The first-order chi connectivity index (χ1) is 12.0. The number of aliphatic carboxylic acids is 1. The summed E-state index contributed by atoms with van der Waals surface area (Å²) in [6.45, 7) is 7.51. The van der Waals surface area contributed by atoms with Crippen LogP contribution in [0.4, 0.5) is 5.69 Å². The topological polar surface area (TPSA) is 91.5 Å². The lowest BCUT2D eigenvalue weighted by Gasteiger charge is -2.22. The summed E-state index contributed by atoms with van der Waals surface area (Å²) in [5.74, 6) is -0.387. The van der Waals surface area contributed by atoms with Gasteiger partial charge in [-0.3, -0.25) is 0 Å². The largest absolute Gasteiger partial charge is 0.544 e. The minimum atomic E-state index is -1.32. The Hall–Kier alpha value is -2.48. The molecule has 1 aromatic heterocycles. The van der Waals surface area contributed by atoms with Gasteiger partial charge in [0.05, 0.1) is 13.1 Å². The van der Waals surface area contributed by atoms with Crippen molar-refractivity contribution in [2.45, 2.75) is 26.0 Å². The van der Waals surface area contributed by atoms with Gasteiger partial charge in [0.1, 0.15) is 5.75 Å². The highest BCUT2D eigenvalue weighted by molar-refractivity contribution is 8.03. The molecule has 8 heteroatoms. The van der Waals surface area contributed by atoms with E-state index in [9.17, 15) is 9.90 Å². The van der Waals surface area contributed by atoms with Gasteiger partial charge < -0.3 is 24.0 Å². The number of ether oxygens (including phenoxy) is 1. The second kappa shape index (κ2) is 8.57. The van der Waals surface area contributed by atoms with Crippen molar-refractivity contribution in [3.05, 3.63) is 34.6 Å². The summed E-state index contributed by atoms with van der Waals surface area (Å²) in [6.07, 6.45) is 1.48. The number of methoxy groups -OCH3 is 1. The zero-order chi connectivity index (χ0) is 18.4. The van der Waals surface area contributed by atoms with Crippen molar-refractivity contribution in [2.24, 2.45) is 0 Å². The number of rotatable bonds is 8. The molecule has 25 heavy (non-hydrogen) atoms. The first-order valence-electron chi connectivity index (χ1n) is 7.82. The number of carbonyl (C=O) groups excluding carboxylic acids is 1. The molecule has 134 valence electrons. The average molecular weight is 362 g/mol. The summed E-state index contributed by atoms with van der Waals surface area (Å²) < 4.78 is 10.6. The number of carboxylic acids is 1. The van der Waals surface area contributed by atoms with Gasteiger partial charge in [0.15, 0.2) is 0 Å². The highest BCUT2D eigenvalue weighted by atomic mass is 32.2. The third-order valence-electron chi connectivity index (χ3n) is 3.54. The van der Waals surface area contributed by atoms with Gasteiger partial charge in [-0.2, -0.15) is 0 Å². The van der Waals surface area contributed by atoms with Crippen LogP contribution < -0.4 is 14.7 Å². The highest BCUT2D eigenvalue weighted by Gasteiger charge is 2.12. The SMILES string of the molecule is CCN(CC)c1ccc(/C=C(\Sc2nnc(C)o2)C(=O)[O-])c(OC)c1. The van der Waals surface area contributed by atoms with Crippen LogP contribution in [0.2, 0.25) is 0 Å². The van der Waals surface area contributed by atoms with Crippen LogP contribution in [0.5, 0.6) is 5.75 Å². The van der Waals surface area contributed by atoms with E-state index < -0.39 is 5.97 Å². The van der Waals surface area contributed by atoms with Crippen LogP contribution in [0.1, 0.15) is 25.3 Å². The number of aromatic nitrogens is 2. The number of nitrogens with zero attached hydrogens (tertiary/aromatic N) is 3. The second-order valence-corrected chi connectivity index (χ2v) is 6.08. The molecule has 7 nitrogen and oxygen atoms in total. The standard InChI is InChI=1S/C17H21N3O4S/c1-5-20(6-2)13-8-7-12(14(10-13)23-4)9-15(16(21)22)25-17-19-18-11(3)24-17/h7-10H,5-6H2,1-4H3,(H,21,22)/p-1/b15-9-. The zero-order valence-electron chi connectivity index (χ0n) is 14.6. The second-order valence-electron chi connectivity index (χ2n) is 5.08. The van der Waals surface area contributed by atoms with E-state index in [1.54, 1.807) is 14.0 Å². The van der Waals surface area contributed by atoms with Gasteiger partial charge in [-0.25, -0.2) is 0 Å². The molecule has 2 aromatic rings. The van der Waals surface area contributed by atoms with Gasteiger partial charge in [0.25, 0.3) is 5.22 Å². The van der Waals surface area contributed by atoms with Gasteiger partial charge in [0.2, 0.25) is 5.89 Å². The fourth-order valence-electron chi connectivity index (χ4n) is 2.29. The smallest absolute Gasteiger partial charge is 0.281 e. The highest BCUT2D eigenvalue weighted by Crippen LogP contribution is 2.31. The van der Waals surface area contributed by atoms with Crippen LogP contribution in [-0.4, -0.2) is 36.4 Å². The van der Waals surface area contributed by atoms with Crippen molar-refractivity contribution in [1.29, 1.82) is 0 Å². The van der Waals surface area contributed by atoms with Crippen molar-refractivity contribution < 1.29 is 19.1 Å². The molecule has 0 aliphatic carbocycles. The lowest BCUT2D eigenvalue weighted by atomic mass is 10.1. The van der Waals surface area contributed by atoms with Gasteiger partial charge in [0, 0.05) is 42.2 Å². The van der Waals surface area contributed by atoms with Crippen LogP contribution in [0.15, 0.2) is 32.7 Å². The normalized spacial score (nSPS) is 11.4. The number of anilines is 1. The van der Waals surface area contributed by atoms with E-state index in [4.69, 9.17) is 9.15 Å². The molecule has 0 spiro atoms. The molecule has 1 aromatic carbocycles. The minimum absolute atomic E-state index is 0.0439. The van der Waals surface area contributed by atoms with E-state index in [0.29, 0.717) is 17.2 Å². The van der Waals surface area contributed by atoms with Crippen molar-refractivity contribution in [2.75, 3.05) is 25.1 Å². The van der Waals surface area contributed by atoms with Crippen LogP contribution >= 0.6 is 11.8 Å². The van der Waals surface area contributed by atoms with Crippen LogP contribution in [0.25, 0.3) is 6.08 Å². The maximum absolute atomic E-state index is 11.4. The van der Waals surface area contributed by atoms with E-state index in [2.05, 4.69) is 28.9 Å². The van der Waals surface area contributed by atoms with Crippen LogP contribution in [-0.2, 0) is 4.79 Å². The summed E-state index contributed by atoms with van der Waals surface area (Å²) in [5.41, 5.74) is 1.63. The van der Waals surface area contributed by atoms with Gasteiger partial charge in [-0.15, -0.1) is 10.2 Å². The average Bonchev–Trinajstić information content (AvgIpc) is 3.01. The van der Waals surface area contributed by atoms with E-state index in [0.717, 1.165) is 30.5 Å². The molecule has 0 unspecified atom stereocenters. The van der Waals surface area contributed by atoms with Crippen molar-refractivity contribution in [3.63, 3.8) is 0 Å². The zero-order valence-corrected chi connectivity index (χ0v) is 15.4. The van der Waals surface area contributed by atoms with Crippen LogP contribution in [0.3, 0.4) is 0 Å². The number of hydrogen-bond acceptors (Lipinski definition) is 8. The monoisotopic (exact) mass is 362 g/mol. The number of hydrogen-bond donors (Lipinski definition) is 0. The molecule has 0 radical (unpaired) electrons. The molecule has 0 saturated carbocycles. The number of benzene rings is 1. The van der Waals surface area contributed by atoms with E-state index in [1.165, 1.54) is 6.08 Å². The minimum Gasteiger partial charge on any atom is -0.544 e. The van der Waals surface area contributed by atoms with Gasteiger partial charge in [-0.05, 0) is 43.8 Å². The Kier molecular flexibility index (Phi) is 6.46. The predicted molar refractivity (Wildman–Crippen MR) is 94.4 cm³/mol. The fraction of sp³-hybridized carbons (Fsp3) is 0.353. The maximum atomic E-state index is 11.4. The molecule has 0 amide bonds. The summed E-state index contributed by atoms with van der Waals surface area (Å²) in [4.78, 5) is 13.6. The summed E-state index contributed by atoms with van der Waals surface area (Å²) >= 11 is 0.844. The number of thioether (sulfide) groups is 1. The predicted octanol–water partition coefficient (Wildman–Crippen LogP) is 2.12. The Morgan fingerprint density at radius 1 is 1.36 bits per heavy atom. The number of carbonyl (C=O) groups is 1. The lowest BCUT2D eigenvalue weighted by Crippen LogP contribution is -2.23. The Morgan fingerprint density at radius 3 is 2.60 bits per heavy atom. The Morgan fingerprint density at radius 2 is 2.08 bits per heavy atom. The molecule has 2 rings (SSSR count). The molecule has 0 N–H and O–H groups in total. The molecular weight excluding hydrogens is 342 g/mol. The molecule has 1 heterocycles. The van der Waals surface area contributed by atoms with Crippen molar-refractivity contribution in [1.82, 2.24) is 10.2 Å². The van der Waals surface area contributed by atoms with Crippen molar-refractivity contribution in [3.8, 4) is 5.75 Å². The maximum Gasteiger partial charge on any atom is 0.281 e. The molecule has 0 saturated heterocycles. The first kappa shape index (κ1) is 18.9. The quantitative estimate of drug-likeness (QED) is 0.521. The Balaban J connectivity index is 2.36. The van der Waals surface area contributed by atoms with Crippen molar-refractivity contribution >= 4 is 29.5 Å². The molecule has 0 atom stereocenters. The van der Waals surface area contributed by atoms with Gasteiger partial charge >= 0.3 is 0 Å². The summed E-state index contributed by atoms with van der Waals surface area (Å²) in [5, 5.41) is 19.1. The summed E-state index contributed by atoms with van der Waals surface area (Å²) in [6, 6.07) is 5.62. The van der Waals surface area contributed by atoms with E-state index in [-0.39, 0.29) is 10.1 Å². The Bertz CT molecular complexity index is 769. The first-order valence-corrected chi connectivity index (χ1v) is 8.64. The van der Waals surface area contributed by atoms with E-state index in [1.807, 2.05) is 18.2 Å². The Labute approximate surface area is 150 Å². The molecule has 0 fully saturated rings. The molecule has 0 bridgehead atoms. The number of aryl methyl sites for hydroxylation is 1. The third-order valence-corrected chi connectivity index (χ3v) is 4.38. The van der Waals surface area contributed by atoms with E-state index >= 15 is 0 Å². The lowest BCUT2D eigenvalue weighted by molar-refractivity contribution is -0.298. The van der Waals surface area contributed by atoms with Crippen LogP contribution in [0, 0.1) is 6.92 Å². The fourth-order valence-corrected chi connectivity index (χ4v) is 2.99. The van der Waals surface area contributed by atoms with Gasteiger partial charge in [-0.1, -0.05) is 0 Å². The molecule has 0 aliphatic heterocycles. The summed E-state index contributed by atoms with van der Waals surface area (Å²) in [7, 11) is 1.55. The number of carboxylic acid groups (broad SMARTS) is 1. The molecular formula is C17H20N3O4S-. The third kappa shape index (κ3) is 4.76.